The van der Waals surface area contributed by atoms with Crippen LogP contribution in [0.3, 0.4) is 0 Å². The van der Waals surface area contributed by atoms with E-state index in [1.807, 2.05) is 17.7 Å². The maximum absolute atomic E-state index is 12.9. The standard InChI is InChI=1S/C16H25F3N4O/c1-11-20-7-9-23(11)10-8-21-14(24)15(2,3)12-5-4-6-13(22-12)16(17,18)19/h7,9,12-13,22H,4-6,8,10H2,1-3H3,(H,21,24)/t12-,13+/m0/s1. The summed E-state index contributed by atoms with van der Waals surface area (Å²) >= 11 is 0. The van der Waals surface area contributed by atoms with Gasteiger partial charge in [-0.3, -0.25) is 4.79 Å². The molecule has 1 saturated heterocycles. The fourth-order valence-corrected chi connectivity index (χ4v) is 3.08. The Morgan fingerprint density at radius 1 is 1.38 bits per heavy atom. The van der Waals surface area contributed by atoms with Gasteiger partial charge < -0.3 is 15.2 Å². The number of carbonyl (C=O) groups is 1. The lowest BCUT2D eigenvalue weighted by Gasteiger charge is -2.40. The van der Waals surface area contributed by atoms with E-state index in [2.05, 4.69) is 15.6 Å². The van der Waals surface area contributed by atoms with Crippen molar-refractivity contribution in [2.24, 2.45) is 5.41 Å². The lowest BCUT2D eigenvalue weighted by atomic mass is 9.78. The quantitative estimate of drug-likeness (QED) is 0.861. The summed E-state index contributed by atoms with van der Waals surface area (Å²) in [5, 5.41) is 5.46. The minimum absolute atomic E-state index is 0.0671. The summed E-state index contributed by atoms with van der Waals surface area (Å²) in [6.07, 6.45) is 0.329. The van der Waals surface area contributed by atoms with Gasteiger partial charge in [0.25, 0.3) is 0 Å². The van der Waals surface area contributed by atoms with Crippen molar-refractivity contribution in [1.82, 2.24) is 20.2 Å². The van der Waals surface area contributed by atoms with Gasteiger partial charge in [0.1, 0.15) is 11.9 Å². The lowest BCUT2D eigenvalue weighted by molar-refractivity contribution is -0.167. The van der Waals surface area contributed by atoms with Crippen molar-refractivity contribution in [3.8, 4) is 0 Å². The zero-order valence-corrected chi connectivity index (χ0v) is 14.3. The van der Waals surface area contributed by atoms with Gasteiger partial charge in [-0.25, -0.2) is 4.98 Å². The number of rotatable bonds is 5. The van der Waals surface area contributed by atoms with Crippen LogP contribution in [0.5, 0.6) is 0 Å². The van der Waals surface area contributed by atoms with Gasteiger partial charge >= 0.3 is 6.18 Å². The maximum Gasteiger partial charge on any atom is 0.403 e. The highest BCUT2D eigenvalue weighted by atomic mass is 19.4. The molecule has 1 aliphatic rings. The molecule has 24 heavy (non-hydrogen) atoms. The van der Waals surface area contributed by atoms with Gasteiger partial charge in [-0.05, 0) is 40.0 Å². The molecule has 0 aliphatic carbocycles. The van der Waals surface area contributed by atoms with Gasteiger partial charge in [0.15, 0.2) is 0 Å². The van der Waals surface area contributed by atoms with Crippen LogP contribution in [-0.4, -0.2) is 40.3 Å². The summed E-state index contributed by atoms with van der Waals surface area (Å²) < 4.78 is 40.7. The van der Waals surface area contributed by atoms with E-state index in [1.165, 1.54) is 0 Å². The molecule has 2 heterocycles. The Morgan fingerprint density at radius 3 is 2.62 bits per heavy atom. The first-order valence-corrected chi connectivity index (χ1v) is 8.21. The van der Waals surface area contributed by atoms with Crippen molar-refractivity contribution in [1.29, 1.82) is 0 Å². The number of piperidine rings is 1. The molecule has 1 fully saturated rings. The number of hydrogen-bond donors (Lipinski definition) is 2. The maximum atomic E-state index is 12.9. The van der Waals surface area contributed by atoms with Gasteiger partial charge in [-0.1, -0.05) is 0 Å². The van der Waals surface area contributed by atoms with Gasteiger partial charge in [0.2, 0.25) is 5.91 Å². The molecule has 0 spiro atoms. The van der Waals surface area contributed by atoms with Crippen molar-refractivity contribution in [2.45, 2.75) is 64.8 Å². The molecule has 2 atom stereocenters. The second-order valence-electron chi connectivity index (χ2n) is 6.89. The number of aromatic nitrogens is 2. The molecule has 8 heteroatoms. The Labute approximate surface area is 140 Å². The average molecular weight is 346 g/mol. The van der Waals surface area contributed by atoms with E-state index in [9.17, 15) is 18.0 Å². The van der Waals surface area contributed by atoms with E-state index in [1.54, 1.807) is 20.0 Å². The minimum atomic E-state index is -4.27. The Kier molecular flexibility index (Phi) is 5.57. The Hall–Kier alpha value is -1.57. The van der Waals surface area contributed by atoms with Crippen molar-refractivity contribution in [3.63, 3.8) is 0 Å². The topological polar surface area (TPSA) is 59.0 Å². The van der Waals surface area contributed by atoms with Gasteiger partial charge in [0, 0.05) is 31.5 Å². The van der Waals surface area contributed by atoms with Crippen LogP contribution in [0, 0.1) is 12.3 Å². The Morgan fingerprint density at radius 2 is 2.04 bits per heavy atom. The predicted octanol–water partition coefficient (Wildman–Crippen LogP) is 2.41. The minimum Gasteiger partial charge on any atom is -0.354 e. The molecule has 0 saturated carbocycles. The molecule has 5 nitrogen and oxygen atoms in total. The number of amides is 1. The molecule has 136 valence electrons. The monoisotopic (exact) mass is 346 g/mol. The molecular weight excluding hydrogens is 321 g/mol. The summed E-state index contributed by atoms with van der Waals surface area (Å²) in [6, 6.07) is -2.02. The van der Waals surface area contributed by atoms with Crippen molar-refractivity contribution < 1.29 is 18.0 Å². The Balaban J connectivity index is 1.90. The van der Waals surface area contributed by atoms with E-state index in [-0.39, 0.29) is 12.3 Å². The predicted molar refractivity (Wildman–Crippen MR) is 84.4 cm³/mol. The summed E-state index contributed by atoms with van der Waals surface area (Å²) in [5.74, 6) is 0.617. The lowest BCUT2D eigenvalue weighted by Crippen LogP contribution is -2.59. The molecule has 1 aliphatic heterocycles. The zero-order chi connectivity index (χ0) is 18.0. The van der Waals surface area contributed by atoms with E-state index in [4.69, 9.17) is 0 Å². The highest BCUT2D eigenvalue weighted by molar-refractivity contribution is 5.82. The second-order valence-corrected chi connectivity index (χ2v) is 6.89. The van der Waals surface area contributed by atoms with Gasteiger partial charge in [-0.2, -0.15) is 13.2 Å². The number of hydrogen-bond acceptors (Lipinski definition) is 3. The molecular formula is C16H25F3N4O. The number of alkyl halides is 3. The highest BCUT2D eigenvalue weighted by Gasteiger charge is 2.46. The fourth-order valence-electron chi connectivity index (χ4n) is 3.08. The van der Waals surface area contributed by atoms with Crippen LogP contribution in [-0.2, 0) is 11.3 Å². The van der Waals surface area contributed by atoms with Crippen molar-refractivity contribution >= 4 is 5.91 Å². The third-order valence-electron chi connectivity index (χ3n) is 4.80. The van der Waals surface area contributed by atoms with Crippen LogP contribution in [0.4, 0.5) is 13.2 Å². The van der Waals surface area contributed by atoms with Crippen LogP contribution >= 0.6 is 0 Å². The molecule has 1 aromatic heterocycles. The number of nitrogens with zero attached hydrogens (tertiary/aromatic N) is 2. The van der Waals surface area contributed by atoms with Crippen LogP contribution in [0.15, 0.2) is 12.4 Å². The smallest absolute Gasteiger partial charge is 0.354 e. The number of halogens is 3. The van der Waals surface area contributed by atoms with Crippen LogP contribution in [0.1, 0.15) is 38.9 Å². The van der Waals surface area contributed by atoms with Crippen LogP contribution in [0.2, 0.25) is 0 Å². The molecule has 2 N–H and O–H groups in total. The number of imidazole rings is 1. The number of nitrogens with one attached hydrogen (secondary N) is 2. The molecule has 1 aromatic rings. The fraction of sp³-hybridized carbons (Fsp3) is 0.750. The largest absolute Gasteiger partial charge is 0.403 e. The van der Waals surface area contributed by atoms with Crippen molar-refractivity contribution in [2.75, 3.05) is 6.54 Å². The highest BCUT2D eigenvalue weighted by Crippen LogP contribution is 2.33. The van der Waals surface area contributed by atoms with E-state index in [0.717, 1.165) is 5.82 Å². The van der Waals surface area contributed by atoms with Gasteiger partial charge in [0.05, 0.1) is 5.41 Å². The molecule has 0 unspecified atom stereocenters. The third-order valence-corrected chi connectivity index (χ3v) is 4.80. The Bertz CT molecular complexity index is 568. The first-order chi connectivity index (χ1) is 11.1. The molecule has 0 bridgehead atoms. The van der Waals surface area contributed by atoms with Gasteiger partial charge in [-0.15, -0.1) is 0 Å². The number of carbonyl (C=O) groups excluding carboxylic acids is 1. The number of aryl methyl sites for hydroxylation is 1. The molecule has 1 amide bonds. The SMILES string of the molecule is Cc1nccn1CCNC(=O)C(C)(C)[C@@H]1CCC[C@H](C(F)(F)F)N1. The van der Waals surface area contributed by atoms with Crippen LogP contribution < -0.4 is 10.6 Å². The summed E-state index contributed by atoms with van der Waals surface area (Å²) in [5.41, 5.74) is -0.909. The van der Waals surface area contributed by atoms with Crippen LogP contribution in [0.25, 0.3) is 0 Å². The van der Waals surface area contributed by atoms with E-state index in [0.29, 0.717) is 25.9 Å². The van der Waals surface area contributed by atoms with E-state index < -0.39 is 23.7 Å². The molecule has 0 radical (unpaired) electrons. The molecule has 0 aromatic carbocycles. The first-order valence-electron chi connectivity index (χ1n) is 8.21. The summed E-state index contributed by atoms with van der Waals surface area (Å²) in [7, 11) is 0. The van der Waals surface area contributed by atoms with E-state index >= 15 is 0 Å². The first kappa shape index (κ1) is 18.8. The zero-order valence-electron chi connectivity index (χ0n) is 14.3. The second kappa shape index (κ2) is 7.13. The van der Waals surface area contributed by atoms with Crippen molar-refractivity contribution in [3.05, 3.63) is 18.2 Å². The average Bonchev–Trinajstić information content (AvgIpc) is 2.92. The third kappa shape index (κ3) is 4.28. The normalized spacial score (nSPS) is 22.4. The summed E-state index contributed by atoms with van der Waals surface area (Å²) in [4.78, 5) is 16.6. The molecule has 2 rings (SSSR count). The summed E-state index contributed by atoms with van der Waals surface area (Å²) in [6.45, 7) is 6.25.